The normalized spacial score (nSPS) is 9.82. The molecule has 0 unspecified atom stereocenters. The highest BCUT2D eigenvalue weighted by atomic mass is 35.5. The summed E-state index contributed by atoms with van der Waals surface area (Å²) in [7, 11) is 0. The molecule has 2 nitrogen and oxygen atoms in total. The minimum atomic E-state index is -4.04. The fourth-order valence-corrected chi connectivity index (χ4v) is 0.391. The molecular formula is C4H11Cl2F3N2. The Balaban J connectivity index is -0.000000320. The highest BCUT2D eigenvalue weighted by molar-refractivity contribution is 5.85. The van der Waals surface area contributed by atoms with Gasteiger partial charge in [-0.25, -0.2) is 0 Å². The molecule has 7 heteroatoms. The first kappa shape index (κ1) is 17.4. The lowest BCUT2D eigenvalue weighted by atomic mass is 10.3. The van der Waals surface area contributed by atoms with Crippen molar-refractivity contribution in [2.45, 2.75) is 19.0 Å². The Morgan fingerprint density at radius 1 is 1.18 bits per heavy atom. The van der Waals surface area contributed by atoms with E-state index in [0.29, 0.717) is 0 Å². The first-order chi connectivity index (χ1) is 4.06. The molecule has 0 spiro atoms. The highest BCUT2D eigenvalue weighted by Gasteiger charge is 2.25. The van der Waals surface area contributed by atoms with Gasteiger partial charge in [0.05, 0.1) is 0 Å². The van der Waals surface area contributed by atoms with Crippen molar-refractivity contribution < 1.29 is 13.2 Å². The first-order valence-electron chi connectivity index (χ1n) is 2.56. The summed E-state index contributed by atoms with van der Waals surface area (Å²) in [5.41, 5.74) is 2.14. The lowest BCUT2D eigenvalue weighted by Gasteiger charge is -2.03. The van der Waals surface area contributed by atoms with Crippen LogP contribution in [-0.4, -0.2) is 12.7 Å². The molecule has 0 saturated heterocycles. The molecule has 11 heavy (non-hydrogen) atoms. The molecule has 72 valence electrons. The molecule has 0 fully saturated rings. The lowest BCUT2D eigenvalue weighted by molar-refractivity contribution is -0.135. The predicted octanol–water partition coefficient (Wildman–Crippen LogP) is 1.64. The van der Waals surface area contributed by atoms with Gasteiger partial charge < -0.3 is 0 Å². The number of halogens is 5. The zero-order valence-corrected chi connectivity index (χ0v) is 7.28. The average molecular weight is 215 g/mol. The minimum Gasteiger partial charge on any atom is -0.271 e. The maximum atomic E-state index is 11.3. The van der Waals surface area contributed by atoms with E-state index in [2.05, 4.69) is 5.43 Å². The van der Waals surface area contributed by atoms with Crippen molar-refractivity contribution in [3.05, 3.63) is 0 Å². The molecule has 0 atom stereocenters. The smallest absolute Gasteiger partial charge is 0.271 e. The third kappa shape index (κ3) is 17.9. The second-order valence-electron chi connectivity index (χ2n) is 1.67. The highest BCUT2D eigenvalue weighted by Crippen LogP contribution is 2.20. The molecule has 0 aliphatic carbocycles. The van der Waals surface area contributed by atoms with Crippen LogP contribution in [0.2, 0.25) is 0 Å². The van der Waals surface area contributed by atoms with Crippen LogP contribution in [0.5, 0.6) is 0 Å². The average Bonchev–Trinajstić information content (AvgIpc) is 1.63. The third-order valence-corrected chi connectivity index (χ3v) is 0.781. The van der Waals surface area contributed by atoms with Crippen LogP contribution in [0.3, 0.4) is 0 Å². The van der Waals surface area contributed by atoms with E-state index in [4.69, 9.17) is 5.84 Å². The summed E-state index contributed by atoms with van der Waals surface area (Å²) >= 11 is 0. The Kier molecular flexibility index (Phi) is 13.3. The molecule has 0 heterocycles. The van der Waals surface area contributed by atoms with Crippen LogP contribution >= 0.6 is 24.8 Å². The quantitative estimate of drug-likeness (QED) is 0.426. The summed E-state index contributed by atoms with van der Waals surface area (Å²) in [5.74, 6) is 4.74. The Bertz CT molecular complexity index is 78.2. The predicted molar refractivity (Wildman–Crippen MR) is 42.0 cm³/mol. The maximum Gasteiger partial charge on any atom is 0.389 e. The van der Waals surface area contributed by atoms with Gasteiger partial charge in [-0.1, -0.05) is 0 Å². The van der Waals surface area contributed by atoms with Gasteiger partial charge in [0, 0.05) is 13.0 Å². The van der Waals surface area contributed by atoms with Crippen LogP contribution in [-0.2, 0) is 0 Å². The van der Waals surface area contributed by atoms with Gasteiger partial charge in [-0.2, -0.15) is 13.2 Å². The standard InChI is InChI=1S/C4H9F3N2.2ClH/c5-4(6,7)2-1-3-9-8;;/h9H,1-3,8H2;2*1H. The molecule has 0 saturated carbocycles. The number of hydrogen-bond acceptors (Lipinski definition) is 2. The van der Waals surface area contributed by atoms with Crippen molar-refractivity contribution in [3.8, 4) is 0 Å². The molecule has 3 N–H and O–H groups in total. The van der Waals surface area contributed by atoms with Gasteiger partial charge in [0.15, 0.2) is 0 Å². The van der Waals surface area contributed by atoms with Crippen molar-refractivity contribution in [1.29, 1.82) is 0 Å². The molecule has 0 aliphatic heterocycles. The Morgan fingerprint density at radius 3 is 1.91 bits per heavy atom. The Morgan fingerprint density at radius 2 is 1.64 bits per heavy atom. The van der Waals surface area contributed by atoms with Crippen molar-refractivity contribution in [3.63, 3.8) is 0 Å². The second kappa shape index (κ2) is 8.39. The van der Waals surface area contributed by atoms with Gasteiger partial charge in [-0.3, -0.25) is 11.3 Å². The van der Waals surface area contributed by atoms with E-state index < -0.39 is 12.6 Å². The van der Waals surface area contributed by atoms with E-state index in [1.165, 1.54) is 0 Å². The van der Waals surface area contributed by atoms with Gasteiger partial charge >= 0.3 is 6.18 Å². The maximum absolute atomic E-state index is 11.3. The van der Waals surface area contributed by atoms with Crippen molar-refractivity contribution >= 4 is 24.8 Å². The van der Waals surface area contributed by atoms with Crippen LogP contribution < -0.4 is 11.3 Å². The molecule has 0 aromatic carbocycles. The van der Waals surface area contributed by atoms with Gasteiger partial charge in [0.25, 0.3) is 0 Å². The topological polar surface area (TPSA) is 38.0 Å². The van der Waals surface area contributed by atoms with E-state index in [9.17, 15) is 13.2 Å². The van der Waals surface area contributed by atoms with Crippen LogP contribution in [0.15, 0.2) is 0 Å². The SMILES string of the molecule is Cl.Cl.NNCCCC(F)(F)F. The van der Waals surface area contributed by atoms with Crippen molar-refractivity contribution in [2.24, 2.45) is 5.84 Å². The fourth-order valence-electron chi connectivity index (χ4n) is 0.391. The van der Waals surface area contributed by atoms with Gasteiger partial charge in [-0.05, 0) is 6.42 Å². The molecule has 0 aliphatic rings. The summed E-state index contributed by atoms with van der Waals surface area (Å²) < 4.78 is 33.9. The zero-order chi connectivity index (χ0) is 7.33. The van der Waals surface area contributed by atoms with Crippen molar-refractivity contribution in [1.82, 2.24) is 5.43 Å². The zero-order valence-electron chi connectivity index (χ0n) is 5.65. The molecule has 0 radical (unpaired) electrons. The van der Waals surface area contributed by atoms with Crippen LogP contribution in [0.1, 0.15) is 12.8 Å². The van der Waals surface area contributed by atoms with Gasteiger partial charge in [-0.15, -0.1) is 24.8 Å². The summed E-state index contributed by atoms with van der Waals surface area (Å²) in [5, 5.41) is 0. The van der Waals surface area contributed by atoms with E-state index in [0.717, 1.165) is 0 Å². The number of hydrogen-bond donors (Lipinski definition) is 2. The largest absolute Gasteiger partial charge is 0.389 e. The van der Waals surface area contributed by atoms with E-state index in [1.807, 2.05) is 0 Å². The molecule has 0 aromatic heterocycles. The Labute approximate surface area is 75.5 Å². The van der Waals surface area contributed by atoms with E-state index >= 15 is 0 Å². The second-order valence-corrected chi connectivity index (χ2v) is 1.67. The van der Waals surface area contributed by atoms with Crippen LogP contribution in [0.25, 0.3) is 0 Å². The summed E-state index contributed by atoms with van der Waals surface area (Å²) in [4.78, 5) is 0. The van der Waals surface area contributed by atoms with Gasteiger partial charge in [0.2, 0.25) is 0 Å². The van der Waals surface area contributed by atoms with Crippen molar-refractivity contribution in [2.75, 3.05) is 6.54 Å². The number of nitrogens with one attached hydrogen (secondary N) is 1. The molecule has 0 aromatic rings. The van der Waals surface area contributed by atoms with E-state index in [-0.39, 0.29) is 37.8 Å². The molecule has 0 rings (SSSR count). The molecule has 0 amide bonds. The number of rotatable bonds is 3. The van der Waals surface area contributed by atoms with Gasteiger partial charge in [0.1, 0.15) is 0 Å². The van der Waals surface area contributed by atoms with Crippen LogP contribution in [0, 0.1) is 0 Å². The Hall–Kier alpha value is 0.290. The molecule has 0 bridgehead atoms. The lowest BCUT2D eigenvalue weighted by Crippen LogP contribution is -2.24. The van der Waals surface area contributed by atoms with Crippen LogP contribution in [0.4, 0.5) is 13.2 Å². The first-order valence-corrected chi connectivity index (χ1v) is 2.56. The summed E-state index contributed by atoms with van der Waals surface area (Å²) in [6.45, 7) is 0.208. The summed E-state index contributed by atoms with van der Waals surface area (Å²) in [6, 6.07) is 0. The summed E-state index contributed by atoms with van der Waals surface area (Å²) in [6.07, 6.45) is -4.77. The fraction of sp³-hybridized carbons (Fsp3) is 1.00. The molecular weight excluding hydrogens is 204 g/mol. The van der Waals surface area contributed by atoms with E-state index in [1.54, 1.807) is 0 Å². The third-order valence-electron chi connectivity index (χ3n) is 0.781. The monoisotopic (exact) mass is 214 g/mol. The number of alkyl halides is 3. The number of nitrogens with two attached hydrogens (primary N) is 1. The number of hydrazine groups is 1. The minimum absolute atomic E-state index is 0.